The number of esters is 1. The number of rotatable bonds is 4. The van der Waals surface area contributed by atoms with E-state index in [0.29, 0.717) is 17.9 Å². The van der Waals surface area contributed by atoms with Crippen LogP contribution in [-0.2, 0) is 9.53 Å². The molecule has 0 heterocycles. The summed E-state index contributed by atoms with van der Waals surface area (Å²) in [6.07, 6.45) is 5.83. The predicted octanol–water partition coefficient (Wildman–Crippen LogP) is 5.84. The van der Waals surface area contributed by atoms with Crippen LogP contribution in [0.2, 0.25) is 0 Å². The van der Waals surface area contributed by atoms with Crippen LogP contribution in [-0.4, -0.2) is 12.6 Å². The number of carbonyl (C=O) groups is 1. The van der Waals surface area contributed by atoms with Crippen molar-refractivity contribution in [3.63, 3.8) is 0 Å². The zero-order valence-electron chi connectivity index (χ0n) is 16.2. The Labute approximate surface area is 138 Å². The molecule has 0 N–H and O–H groups in total. The van der Waals surface area contributed by atoms with Crippen molar-refractivity contribution in [3.8, 4) is 0 Å². The van der Waals surface area contributed by atoms with Gasteiger partial charge in [0.25, 0.3) is 0 Å². The topological polar surface area (TPSA) is 26.3 Å². The van der Waals surface area contributed by atoms with Gasteiger partial charge >= 0.3 is 5.97 Å². The Morgan fingerprint density at radius 2 is 1.77 bits per heavy atom. The number of hydrogen-bond donors (Lipinski definition) is 0. The van der Waals surface area contributed by atoms with Gasteiger partial charge in [0.2, 0.25) is 0 Å². The molecule has 1 saturated carbocycles. The van der Waals surface area contributed by atoms with Gasteiger partial charge in [0.05, 0.1) is 12.5 Å². The average Bonchev–Trinajstić information content (AvgIpc) is 2.29. The lowest BCUT2D eigenvalue weighted by molar-refractivity contribution is -0.156. The van der Waals surface area contributed by atoms with Crippen LogP contribution < -0.4 is 0 Å². The van der Waals surface area contributed by atoms with Crippen LogP contribution in [0, 0.1) is 28.1 Å². The normalized spacial score (nSPS) is 23.9. The Morgan fingerprint density at radius 3 is 2.23 bits per heavy atom. The van der Waals surface area contributed by atoms with E-state index in [-0.39, 0.29) is 22.7 Å². The van der Waals surface area contributed by atoms with Crippen LogP contribution >= 0.6 is 0 Å². The summed E-state index contributed by atoms with van der Waals surface area (Å²) in [6, 6.07) is 0. The molecule has 0 saturated heterocycles. The van der Waals surface area contributed by atoms with Crippen LogP contribution in [0.25, 0.3) is 0 Å². The van der Waals surface area contributed by atoms with Crippen LogP contribution in [0.15, 0.2) is 0 Å². The van der Waals surface area contributed by atoms with E-state index in [1.54, 1.807) is 0 Å². The first kappa shape index (κ1) is 19.5. The first-order valence-corrected chi connectivity index (χ1v) is 8.97. The van der Waals surface area contributed by atoms with Gasteiger partial charge in [0.1, 0.15) is 0 Å². The van der Waals surface area contributed by atoms with Crippen molar-refractivity contribution < 1.29 is 9.53 Å². The van der Waals surface area contributed by atoms with E-state index >= 15 is 0 Å². The second-order valence-corrected chi connectivity index (χ2v) is 10.4. The summed E-state index contributed by atoms with van der Waals surface area (Å²) in [7, 11) is 0. The molecule has 1 aliphatic rings. The smallest absolute Gasteiger partial charge is 0.309 e. The van der Waals surface area contributed by atoms with E-state index < -0.39 is 0 Å². The highest BCUT2D eigenvalue weighted by atomic mass is 16.5. The Morgan fingerprint density at radius 1 is 1.18 bits per heavy atom. The fourth-order valence-corrected chi connectivity index (χ4v) is 3.65. The summed E-state index contributed by atoms with van der Waals surface area (Å²) in [4.78, 5) is 12.6. The van der Waals surface area contributed by atoms with E-state index in [4.69, 9.17) is 4.74 Å². The second-order valence-electron chi connectivity index (χ2n) is 10.4. The molecular weight excluding hydrogens is 272 g/mol. The van der Waals surface area contributed by atoms with Crippen molar-refractivity contribution in [2.24, 2.45) is 28.1 Å². The number of ether oxygens (including phenoxy) is 1. The third-order valence-electron chi connectivity index (χ3n) is 4.91. The van der Waals surface area contributed by atoms with Crippen LogP contribution in [0.5, 0.6) is 0 Å². The Bertz CT molecular complexity index is 368. The molecule has 0 amide bonds. The molecule has 2 heteroatoms. The highest BCUT2D eigenvalue weighted by Crippen LogP contribution is 2.40. The van der Waals surface area contributed by atoms with Gasteiger partial charge in [-0.05, 0) is 47.8 Å². The van der Waals surface area contributed by atoms with Gasteiger partial charge in [-0.1, -0.05) is 61.8 Å². The lowest BCUT2D eigenvalue weighted by Gasteiger charge is -2.36. The van der Waals surface area contributed by atoms with Crippen LogP contribution in [0.3, 0.4) is 0 Å². The van der Waals surface area contributed by atoms with E-state index in [1.165, 1.54) is 25.7 Å². The lowest BCUT2D eigenvalue weighted by atomic mass is 9.72. The molecule has 130 valence electrons. The minimum Gasteiger partial charge on any atom is -0.465 e. The van der Waals surface area contributed by atoms with Crippen molar-refractivity contribution >= 4 is 5.97 Å². The largest absolute Gasteiger partial charge is 0.465 e. The summed E-state index contributed by atoms with van der Waals surface area (Å²) >= 11 is 0. The average molecular weight is 311 g/mol. The minimum atomic E-state index is -0.0454. The molecular formula is C20H38O2. The van der Waals surface area contributed by atoms with E-state index in [0.717, 1.165) is 6.42 Å². The zero-order valence-corrected chi connectivity index (χ0v) is 16.2. The molecule has 1 aliphatic carbocycles. The van der Waals surface area contributed by atoms with E-state index in [2.05, 4.69) is 55.4 Å². The zero-order chi connectivity index (χ0) is 17.2. The van der Waals surface area contributed by atoms with Crippen LogP contribution in [0.4, 0.5) is 0 Å². The molecule has 1 fully saturated rings. The van der Waals surface area contributed by atoms with Crippen molar-refractivity contribution in [1.82, 2.24) is 0 Å². The number of hydrogen-bond acceptors (Lipinski definition) is 2. The summed E-state index contributed by atoms with van der Waals surface area (Å²) in [5, 5.41) is 0. The molecule has 0 aromatic rings. The molecule has 0 bridgehead atoms. The Hall–Kier alpha value is -0.530. The van der Waals surface area contributed by atoms with Gasteiger partial charge in [-0.2, -0.15) is 0 Å². The summed E-state index contributed by atoms with van der Waals surface area (Å²) in [6.45, 7) is 18.3. The third kappa shape index (κ3) is 6.71. The third-order valence-corrected chi connectivity index (χ3v) is 4.91. The molecule has 2 atom stereocenters. The Balaban J connectivity index is 2.60. The van der Waals surface area contributed by atoms with E-state index in [9.17, 15) is 4.79 Å². The fraction of sp³-hybridized carbons (Fsp3) is 0.950. The molecule has 0 aliphatic heterocycles. The lowest BCUT2D eigenvalue weighted by Crippen LogP contribution is -2.35. The minimum absolute atomic E-state index is 0.00537. The molecule has 0 spiro atoms. The maximum atomic E-state index is 12.6. The van der Waals surface area contributed by atoms with Gasteiger partial charge in [-0.15, -0.1) is 0 Å². The summed E-state index contributed by atoms with van der Waals surface area (Å²) in [5.74, 6) is 0.526. The molecule has 0 aromatic carbocycles. The van der Waals surface area contributed by atoms with Gasteiger partial charge < -0.3 is 4.74 Å². The van der Waals surface area contributed by atoms with Gasteiger partial charge in [-0.25, -0.2) is 0 Å². The summed E-state index contributed by atoms with van der Waals surface area (Å²) in [5.41, 5.74) is 0.504. The highest BCUT2D eigenvalue weighted by Gasteiger charge is 2.36. The van der Waals surface area contributed by atoms with Gasteiger partial charge in [-0.3, -0.25) is 4.79 Å². The van der Waals surface area contributed by atoms with E-state index in [1.807, 2.05) is 0 Å². The maximum Gasteiger partial charge on any atom is 0.309 e. The molecule has 0 aromatic heterocycles. The quantitative estimate of drug-likeness (QED) is 0.609. The Kier molecular flexibility index (Phi) is 6.14. The standard InChI is InChI=1S/C20H38O2/c1-18(2,3)13-16(19(4,5)6)17(21)22-14-15-10-9-11-20(7,8)12-15/h15-16H,9-14H2,1-8H3. The molecule has 2 unspecified atom stereocenters. The number of carbonyl (C=O) groups excluding carboxylic acids is 1. The molecule has 1 rings (SSSR count). The second kappa shape index (κ2) is 6.93. The summed E-state index contributed by atoms with van der Waals surface area (Å²) < 4.78 is 5.77. The SMILES string of the molecule is CC(C)(C)CC(C(=O)OCC1CCCC(C)(C)C1)C(C)(C)C. The molecule has 0 radical (unpaired) electrons. The molecule has 2 nitrogen and oxygen atoms in total. The first-order chi connectivity index (χ1) is 9.80. The van der Waals surface area contributed by atoms with Crippen molar-refractivity contribution in [2.75, 3.05) is 6.61 Å². The van der Waals surface area contributed by atoms with Crippen molar-refractivity contribution in [2.45, 2.75) is 87.5 Å². The predicted molar refractivity (Wildman–Crippen MR) is 93.7 cm³/mol. The van der Waals surface area contributed by atoms with Crippen LogP contribution in [0.1, 0.15) is 87.5 Å². The fourth-order valence-electron chi connectivity index (χ4n) is 3.65. The van der Waals surface area contributed by atoms with Crippen molar-refractivity contribution in [3.05, 3.63) is 0 Å². The monoisotopic (exact) mass is 310 g/mol. The maximum absolute atomic E-state index is 12.6. The van der Waals surface area contributed by atoms with Gasteiger partial charge in [0.15, 0.2) is 0 Å². The van der Waals surface area contributed by atoms with Gasteiger partial charge in [0, 0.05) is 0 Å². The first-order valence-electron chi connectivity index (χ1n) is 8.97. The highest BCUT2D eigenvalue weighted by molar-refractivity contribution is 5.73. The molecule has 22 heavy (non-hydrogen) atoms. The van der Waals surface area contributed by atoms with Crippen molar-refractivity contribution in [1.29, 1.82) is 0 Å².